The third kappa shape index (κ3) is 5.21. The molecule has 0 spiro atoms. The molecule has 0 saturated carbocycles. The van der Waals surface area contributed by atoms with Gasteiger partial charge in [0, 0.05) is 33.1 Å². The zero-order valence-corrected chi connectivity index (χ0v) is 28.4. The number of furan rings is 1. The van der Waals surface area contributed by atoms with Crippen molar-refractivity contribution in [1.82, 2.24) is 0 Å². The second-order valence-electron chi connectivity index (χ2n) is 13.4. The van der Waals surface area contributed by atoms with Crippen LogP contribution in [0.5, 0.6) is 0 Å². The van der Waals surface area contributed by atoms with Crippen LogP contribution in [0, 0.1) is 0 Å². The molecule has 0 N–H and O–H groups in total. The van der Waals surface area contributed by atoms with Crippen molar-refractivity contribution in [2.45, 2.75) is 0 Å². The van der Waals surface area contributed by atoms with Crippen LogP contribution >= 0.6 is 0 Å². The minimum Gasteiger partial charge on any atom is -0.455 e. The molecule has 10 rings (SSSR count). The Labute approximate surface area is 302 Å². The molecule has 0 atom stereocenters. The molecular weight excluding hydrogens is 631 g/mol. The van der Waals surface area contributed by atoms with Crippen molar-refractivity contribution >= 4 is 60.5 Å². The molecule has 2 heteroatoms. The Hall–Kier alpha value is -6.90. The van der Waals surface area contributed by atoms with Gasteiger partial charge in [-0.2, -0.15) is 0 Å². The van der Waals surface area contributed by atoms with Crippen molar-refractivity contribution in [3.8, 4) is 33.4 Å². The van der Waals surface area contributed by atoms with E-state index in [1.165, 1.54) is 32.7 Å². The number of rotatable bonds is 6. The maximum atomic E-state index is 6.46. The predicted octanol–water partition coefficient (Wildman–Crippen LogP) is 14.4. The fraction of sp³-hybridized carbons (Fsp3) is 0. The average Bonchev–Trinajstić information content (AvgIpc) is 3.60. The molecule has 2 nitrogen and oxygen atoms in total. The molecule has 52 heavy (non-hydrogen) atoms. The highest BCUT2D eigenvalue weighted by atomic mass is 16.3. The fourth-order valence-corrected chi connectivity index (χ4v) is 7.63. The molecule has 0 saturated heterocycles. The van der Waals surface area contributed by atoms with Crippen LogP contribution in [0.15, 0.2) is 205 Å². The number of para-hydroxylation sites is 1. The second-order valence-corrected chi connectivity index (χ2v) is 13.4. The zero-order chi connectivity index (χ0) is 34.4. The maximum absolute atomic E-state index is 6.46. The number of anilines is 3. The monoisotopic (exact) mass is 663 g/mol. The third-order valence-electron chi connectivity index (χ3n) is 10.3. The molecule has 9 aromatic carbocycles. The largest absolute Gasteiger partial charge is 0.455 e. The van der Waals surface area contributed by atoms with Gasteiger partial charge >= 0.3 is 0 Å². The lowest BCUT2D eigenvalue weighted by atomic mass is 9.99. The molecule has 1 heterocycles. The van der Waals surface area contributed by atoms with Crippen molar-refractivity contribution in [1.29, 1.82) is 0 Å². The maximum Gasteiger partial charge on any atom is 0.143 e. The summed E-state index contributed by atoms with van der Waals surface area (Å²) >= 11 is 0. The van der Waals surface area contributed by atoms with E-state index in [9.17, 15) is 0 Å². The van der Waals surface area contributed by atoms with E-state index in [1.54, 1.807) is 0 Å². The van der Waals surface area contributed by atoms with Gasteiger partial charge in [0.15, 0.2) is 0 Å². The Morgan fingerprint density at radius 1 is 0.327 bits per heavy atom. The van der Waals surface area contributed by atoms with E-state index in [0.717, 1.165) is 61.3 Å². The van der Waals surface area contributed by atoms with Crippen molar-refractivity contribution in [3.05, 3.63) is 200 Å². The van der Waals surface area contributed by atoms with Crippen molar-refractivity contribution in [3.63, 3.8) is 0 Å². The van der Waals surface area contributed by atoms with E-state index in [1.807, 2.05) is 6.07 Å². The molecule has 0 amide bonds. The Bertz CT molecular complexity index is 2880. The van der Waals surface area contributed by atoms with E-state index in [4.69, 9.17) is 4.42 Å². The molecule has 0 unspecified atom stereocenters. The number of fused-ring (bicyclic) bond motifs is 5. The second kappa shape index (κ2) is 12.5. The highest BCUT2D eigenvalue weighted by Crippen LogP contribution is 2.41. The van der Waals surface area contributed by atoms with Crippen LogP contribution in [-0.4, -0.2) is 0 Å². The molecule has 244 valence electrons. The van der Waals surface area contributed by atoms with Gasteiger partial charge in [0.1, 0.15) is 11.2 Å². The quantitative estimate of drug-likeness (QED) is 0.176. The summed E-state index contributed by atoms with van der Waals surface area (Å²) in [4.78, 5) is 2.37. The lowest BCUT2D eigenvalue weighted by Gasteiger charge is -2.27. The van der Waals surface area contributed by atoms with Crippen LogP contribution in [0.4, 0.5) is 17.1 Å². The highest BCUT2D eigenvalue weighted by molar-refractivity contribution is 6.10. The molecule has 0 aliphatic carbocycles. The summed E-state index contributed by atoms with van der Waals surface area (Å²) in [5.41, 5.74) is 12.2. The number of hydrogen-bond acceptors (Lipinski definition) is 2. The summed E-state index contributed by atoms with van der Waals surface area (Å²) in [7, 11) is 0. The molecule has 0 aliphatic rings. The van der Waals surface area contributed by atoms with Gasteiger partial charge in [-0.3, -0.25) is 0 Å². The summed E-state index contributed by atoms with van der Waals surface area (Å²) < 4.78 is 6.46. The summed E-state index contributed by atoms with van der Waals surface area (Å²) in [6.07, 6.45) is 0. The van der Waals surface area contributed by atoms with E-state index < -0.39 is 0 Å². The van der Waals surface area contributed by atoms with E-state index in [-0.39, 0.29) is 0 Å². The average molecular weight is 664 g/mol. The van der Waals surface area contributed by atoms with Gasteiger partial charge in [0.05, 0.1) is 5.69 Å². The Morgan fingerprint density at radius 3 is 1.67 bits per heavy atom. The van der Waals surface area contributed by atoms with Crippen LogP contribution in [0.25, 0.3) is 76.9 Å². The number of nitrogens with zero attached hydrogens (tertiary/aromatic N) is 1. The predicted molar refractivity (Wildman–Crippen MR) is 220 cm³/mol. The first-order valence-corrected chi connectivity index (χ1v) is 17.8. The van der Waals surface area contributed by atoms with Gasteiger partial charge in [0.2, 0.25) is 0 Å². The van der Waals surface area contributed by atoms with Crippen molar-refractivity contribution < 1.29 is 4.42 Å². The number of hydrogen-bond donors (Lipinski definition) is 0. The third-order valence-corrected chi connectivity index (χ3v) is 10.3. The first-order valence-electron chi connectivity index (χ1n) is 17.8. The summed E-state index contributed by atoms with van der Waals surface area (Å²) in [5.74, 6) is 0. The van der Waals surface area contributed by atoms with Crippen LogP contribution in [0.2, 0.25) is 0 Å². The van der Waals surface area contributed by atoms with Gasteiger partial charge in [-0.05, 0) is 92.5 Å². The lowest BCUT2D eigenvalue weighted by Crippen LogP contribution is -2.10. The van der Waals surface area contributed by atoms with Gasteiger partial charge in [-0.1, -0.05) is 152 Å². The van der Waals surface area contributed by atoms with Gasteiger partial charge in [-0.25, -0.2) is 0 Å². The molecule has 1 aromatic heterocycles. The molecular formula is C50H33NO. The van der Waals surface area contributed by atoms with Crippen molar-refractivity contribution in [2.75, 3.05) is 4.90 Å². The lowest BCUT2D eigenvalue weighted by molar-refractivity contribution is 0.670. The van der Waals surface area contributed by atoms with Crippen molar-refractivity contribution in [2.24, 2.45) is 0 Å². The minimum atomic E-state index is 0.896. The molecule has 0 radical (unpaired) electrons. The zero-order valence-electron chi connectivity index (χ0n) is 28.4. The van der Waals surface area contributed by atoms with Crippen LogP contribution in [-0.2, 0) is 0 Å². The van der Waals surface area contributed by atoms with E-state index in [0.29, 0.717) is 0 Å². The first-order chi connectivity index (χ1) is 25.8. The van der Waals surface area contributed by atoms with Crippen LogP contribution in [0.1, 0.15) is 0 Å². The van der Waals surface area contributed by atoms with Crippen LogP contribution < -0.4 is 4.90 Å². The summed E-state index contributed by atoms with van der Waals surface area (Å²) in [5, 5.41) is 7.18. The number of benzene rings is 9. The van der Waals surface area contributed by atoms with E-state index in [2.05, 4.69) is 199 Å². The standard InChI is InChI=1S/C50H33NO/c1-2-11-38(12-3-1)45-17-9-18-46-47-33-41(26-31-49(47)52-50(45)46)36-24-29-43(30-25-36)51(48-19-8-15-37-13-6-7-16-44(37)48)42-27-22-35(23-28-42)40-21-20-34-10-4-5-14-39(34)32-40/h1-33H. The minimum absolute atomic E-state index is 0.896. The Morgan fingerprint density at radius 2 is 0.904 bits per heavy atom. The summed E-state index contributed by atoms with van der Waals surface area (Å²) in [6, 6.07) is 71.7. The molecule has 0 fully saturated rings. The van der Waals surface area contributed by atoms with Gasteiger partial charge in [-0.15, -0.1) is 0 Å². The molecule has 0 aliphatic heterocycles. The smallest absolute Gasteiger partial charge is 0.143 e. The van der Waals surface area contributed by atoms with E-state index >= 15 is 0 Å². The Kier molecular flexibility index (Phi) is 7.18. The fourth-order valence-electron chi connectivity index (χ4n) is 7.63. The highest BCUT2D eigenvalue weighted by Gasteiger charge is 2.17. The molecule has 10 aromatic rings. The first kappa shape index (κ1) is 30.0. The molecule has 0 bridgehead atoms. The summed E-state index contributed by atoms with van der Waals surface area (Å²) in [6.45, 7) is 0. The Balaban J connectivity index is 1.04. The van der Waals surface area contributed by atoms with Gasteiger partial charge < -0.3 is 9.32 Å². The van der Waals surface area contributed by atoms with Gasteiger partial charge in [0.25, 0.3) is 0 Å². The topological polar surface area (TPSA) is 16.4 Å². The normalized spacial score (nSPS) is 11.5. The SMILES string of the molecule is c1ccc(-c2cccc3c2oc2ccc(-c4ccc(N(c5ccc(-c6ccc7ccccc7c6)cc5)c5cccc6ccccc56)cc4)cc23)cc1. The van der Waals surface area contributed by atoms with Crippen LogP contribution in [0.3, 0.4) is 0 Å².